The van der Waals surface area contributed by atoms with E-state index in [0.717, 1.165) is 11.1 Å². The summed E-state index contributed by atoms with van der Waals surface area (Å²) in [5, 5.41) is 0. The maximum absolute atomic E-state index is 5.81. The van der Waals surface area contributed by atoms with Crippen LogP contribution in [0.3, 0.4) is 0 Å². The van der Waals surface area contributed by atoms with Gasteiger partial charge in [-0.15, -0.1) is 0 Å². The van der Waals surface area contributed by atoms with E-state index in [9.17, 15) is 0 Å². The number of ether oxygens (including phenoxy) is 1. The molecule has 0 spiro atoms. The fourth-order valence-corrected chi connectivity index (χ4v) is 1.70. The molecule has 2 atom stereocenters. The molecule has 2 heteroatoms. The third kappa shape index (κ3) is 4.35. The van der Waals surface area contributed by atoms with Crippen molar-refractivity contribution in [3.8, 4) is 0 Å². The summed E-state index contributed by atoms with van der Waals surface area (Å²) in [6, 6.07) is 8.29. The first-order valence-corrected chi connectivity index (χ1v) is 6.29. The summed E-state index contributed by atoms with van der Waals surface area (Å²) in [6.07, 6.45) is 1.35. The molecule has 2 unspecified atom stereocenters. The largest absolute Gasteiger partial charge is 0.374 e. The highest BCUT2D eigenvalue weighted by Gasteiger charge is 2.07. The zero-order chi connectivity index (χ0) is 11.3. The molecule has 0 amide bonds. The normalized spacial score (nSPS) is 14.9. The van der Waals surface area contributed by atoms with Crippen molar-refractivity contribution < 1.29 is 4.74 Å². The van der Waals surface area contributed by atoms with Crippen LogP contribution >= 0.6 is 15.9 Å². The van der Waals surface area contributed by atoms with Gasteiger partial charge in [-0.1, -0.05) is 48.3 Å². The van der Waals surface area contributed by atoms with E-state index in [1.807, 2.05) is 12.1 Å². The molecule has 1 rings (SSSR count). The Hall–Kier alpha value is -0.340. The molecule has 84 valence electrons. The highest BCUT2D eigenvalue weighted by molar-refractivity contribution is 9.10. The lowest BCUT2D eigenvalue weighted by Crippen LogP contribution is -2.08. The molecule has 0 aliphatic heterocycles. The summed E-state index contributed by atoms with van der Waals surface area (Å²) in [4.78, 5) is 0. The Bertz CT molecular complexity index is 298. The van der Waals surface area contributed by atoms with Gasteiger partial charge in [0.2, 0.25) is 0 Å². The molecular formula is C13H19BrO. The van der Waals surface area contributed by atoms with Crippen LogP contribution in [0.2, 0.25) is 0 Å². The molecular weight excluding hydrogens is 252 g/mol. The molecule has 0 heterocycles. The van der Waals surface area contributed by atoms with E-state index in [2.05, 4.69) is 48.8 Å². The molecule has 0 radical (unpaired) electrons. The SMILES string of the molecule is CCC(C)COC(C)c1cccc(Br)c1. The zero-order valence-corrected chi connectivity index (χ0v) is 11.3. The fourth-order valence-electron chi connectivity index (χ4n) is 1.28. The highest BCUT2D eigenvalue weighted by atomic mass is 79.9. The summed E-state index contributed by atoms with van der Waals surface area (Å²) in [7, 11) is 0. The molecule has 1 nitrogen and oxygen atoms in total. The molecule has 0 N–H and O–H groups in total. The summed E-state index contributed by atoms with van der Waals surface area (Å²) in [5.74, 6) is 0.639. The number of hydrogen-bond donors (Lipinski definition) is 0. The van der Waals surface area contributed by atoms with Crippen molar-refractivity contribution >= 4 is 15.9 Å². The minimum Gasteiger partial charge on any atom is -0.374 e. The van der Waals surface area contributed by atoms with E-state index in [-0.39, 0.29) is 6.10 Å². The van der Waals surface area contributed by atoms with Crippen molar-refractivity contribution in [1.82, 2.24) is 0 Å². The van der Waals surface area contributed by atoms with Gasteiger partial charge in [-0.2, -0.15) is 0 Å². The number of benzene rings is 1. The van der Waals surface area contributed by atoms with Gasteiger partial charge in [0.25, 0.3) is 0 Å². The number of rotatable bonds is 5. The summed E-state index contributed by atoms with van der Waals surface area (Å²) >= 11 is 3.47. The lowest BCUT2D eigenvalue weighted by Gasteiger charge is -2.16. The third-order valence-electron chi connectivity index (χ3n) is 2.65. The van der Waals surface area contributed by atoms with E-state index in [4.69, 9.17) is 4.74 Å². The highest BCUT2D eigenvalue weighted by Crippen LogP contribution is 2.21. The molecule has 0 aliphatic rings. The molecule has 0 bridgehead atoms. The zero-order valence-electron chi connectivity index (χ0n) is 9.66. The Kier molecular flexibility index (Phi) is 5.34. The Morgan fingerprint density at radius 1 is 1.33 bits per heavy atom. The standard InChI is InChI=1S/C13H19BrO/c1-4-10(2)9-15-11(3)12-6-5-7-13(14)8-12/h5-8,10-11H,4,9H2,1-3H3. The van der Waals surface area contributed by atoms with Crippen molar-refractivity contribution in [3.63, 3.8) is 0 Å². The molecule has 0 saturated heterocycles. The molecule has 1 aromatic carbocycles. The van der Waals surface area contributed by atoms with Crippen LogP contribution in [0.1, 0.15) is 38.9 Å². The van der Waals surface area contributed by atoms with Crippen LogP contribution in [0.25, 0.3) is 0 Å². The Labute approximate surface area is 101 Å². The second-order valence-electron chi connectivity index (χ2n) is 4.04. The van der Waals surface area contributed by atoms with E-state index in [1.54, 1.807) is 0 Å². The fraction of sp³-hybridized carbons (Fsp3) is 0.538. The van der Waals surface area contributed by atoms with Crippen LogP contribution < -0.4 is 0 Å². The molecule has 0 fully saturated rings. The minimum absolute atomic E-state index is 0.177. The maximum atomic E-state index is 5.81. The smallest absolute Gasteiger partial charge is 0.0797 e. The second kappa shape index (κ2) is 6.29. The van der Waals surface area contributed by atoms with Crippen LogP contribution in [0.15, 0.2) is 28.7 Å². The lowest BCUT2D eigenvalue weighted by molar-refractivity contribution is 0.0424. The average Bonchev–Trinajstić information content (AvgIpc) is 2.25. The molecule has 1 aromatic rings. The lowest BCUT2D eigenvalue weighted by atomic mass is 10.1. The van der Waals surface area contributed by atoms with Crippen LogP contribution in [0, 0.1) is 5.92 Å². The van der Waals surface area contributed by atoms with Gasteiger partial charge in [-0.25, -0.2) is 0 Å². The van der Waals surface area contributed by atoms with E-state index in [0.29, 0.717) is 5.92 Å². The molecule has 15 heavy (non-hydrogen) atoms. The van der Waals surface area contributed by atoms with Gasteiger partial charge in [-0.05, 0) is 30.5 Å². The van der Waals surface area contributed by atoms with Crippen LogP contribution in [-0.2, 0) is 4.74 Å². The predicted octanol–water partition coefficient (Wildman–Crippen LogP) is 4.57. The first kappa shape index (κ1) is 12.7. The first-order valence-electron chi connectivity index (χ1n) is 5.50. The minimum atomic E-state index is 0.177. The Morgan fingerprint density at radius 2 is 2.07 bits per heavy atom. The van der Waals surface area contributed by atoms with Gasteiger partial charge >= 0.3 is 0 Å². The van der Waals surface area contributed by atoms with Gasteiger partial charge in [0.05, 0.1) is 6.10 Å². The third-order valence-corrected chi connectivity index (χ3v) is 3.14. The van der Waals surface area contributed by atoms with Crippen LogP contribution in [0.4, 0.5) is 0 Å². The Balaban J connectivity index is 2.50. The summed E-state index contributed by atoms with van der Waals surface area (Å²) in [5.41, 5.74) is 1.23. The van der Waals surface area contributed by atoms with Gasteiger partial charge in [-0.3, -0.25) is 0 Å². The van der Waals surface area contributed by atoms with Gasteiger partial charge in [0.1, 0.15) is 0 Å². The molecule has 0 saturated carbocycles. The molecule has 0 aromatic heterocycles. The summed E-state index contributed by atoms with van der Waals surface area (Å²) < 4.78 is 6.93. The topological polar surface area (TPSA) is 9.23 Å². The average molecular weight is 271 g/mol. The van der Waals surface area contributed by atoms with Crippen LogP contribution in [0.5, 0.6) is 0 Å². The number of halogens is 1. The van der Waals surface area contributed by atoms with Gasteiger partial charge in [0.15, 0.2) is 0 Å². The van der Waals surface area contributed by atoms with E-state index < -0.39 is 0 Å². The van der Waals surface area contributed by atoms with E-state index in [1.165, 1.54) is 12.0 Å². The second-order valence-corrected chi connectivity index (χ2v) is 4.96. The van der Waals surface area contributed by atoms with Crippen molar-refractivity contribution in [2.45, 2.75) is 33.3 Å². The van der Waals surface area contributed by atoms with Gasteiger partial charge < -0.3 is 4.74 Å². The maximum Gasteiger partial charge on any atom is 0.0797 e. The summed E-state index contributed by atoms with van der Waals surface area (Å²) in [6.45, 7) is 7.35. The van der Waals surface area contributed by atoms with Crippen molar-refractivity contribution in [2.75, 3.05) is 6.61 Å². The number of hydrogen-bond acceptors (Lipinski definition) is 1. The van der Waals surface area contributed by atoms with Crippen molar-refractivity contribution in [1.29, 1.82) is 0 Å². The quantitative estimate of drug-likeness (QED) is 0.762. The predicted molar refractivity (Wildman–Crippen MR) is 68.0 cm³/mol. The van der Waals surface area contributed by atoms with E-state index >= 15 is 0 Å². The molecule has 0 aliphatic carbocycles. The van der Waals surface area contributed by atoms with Crippen molar-refractivity contribution in [2.24, 2.45) is 5.92 Å². The van der Waals surface area contributed by atoms with Gasteiger partial charge in [0, 0.05) is 11.1 Å². The van der Waals surface area contributed by atoms with Crippen molar-refractivity contribution in [3.05, 3.63) is 34.3 Å². The Morgan fingerprint density at radius 3 is 2.67 bits per heavy atom. The first-order chi connectivity index (χ1) is 7.13. The van der Waals surface area contributed by atoms with Crippen LogP contribution in [-0.4, -0.2) is 6.61 Å². The monoisotopic (exact) mass is 270 g/mol.